The zero-order valence-corrected chi connectivity index (χ0v) is 18.8. The molecule has 0 aromatic carbocycles. The van der Waals surface area contributed by atoms with Crippen molar-refractivity contribution in [3.05, 3.63) is 0 Å². The number of hydrogen-bond acceptors (Lipinski definition) is 4. The van der Waals surface area contributed by atoms with E-state index in [4.69, 9.17) is 0 Å². The second-order valence-corrected chi connectivity index (χ2v) is 7.02. The van der Waals surface area contributed by atoms with E-state index in [-0.39, 0.29) is 63.9 Å². The van der Waals surface area contributed by atoms with E-state index in [1.807, 2.05) is 0 Å². The first kappa shape index (κ1) is 25.7. The van der Waals surface area contributed by atoms with Crippen LogP contribution in [0.5, 0.6) is 0 Å². The minimum absolute atomic E-state index is 0. The Balaban J connectivity index is 0. The SMILES string of the molecule is CCCCCCCCC(CCCCCC)COS(=O)(=O)[O-].[K+]. The summed E-state index contributed by atoms with van der Waals surface area (Å²) in [5.74, 6) is 0.205. The predicted molar refractivity (Wildman–Crippen MR) is 85.9 cm³/mol. The van der Waals surface area contributed by atoms with Crippen LogP contribution in [0.2, 0.25) is 0 Å². The molecule has 4 nitrogen and oxygen atoms in total. The normalized spacial score (nSPS) is 12.9. The van der Waals surface area contributed by atoms with Crippen LogP contribution in [0.15, 0.2) is 0 Å². The monoisotopic (exact) mass is 360 g/mol. The molecular formula is C16H33KO4S. The van der Waals surface area contributed by atoms with Crippen molar-refractivity contribution in [1.82, 2.24) is 0 Å². The van der Waals surface area contributed by atoms with Gasteiger partial charge in [-0.3, -0.25) is 4.18 Å². The largest absolute Gasteiger partial charge is 1.00 e. The minimum atomic E-state index is -4.55. The number of unbranched alkanes of at least 4 members (excludes halogenated alkanes) is 8. The fraction of sp³-hybridized carbons (Fsp3) is 1.00. The van der Waals surface area contributed by atoms with Crippen LogP contribution in [0.25, 0.3) is 0 Å². The summed E-state index contributed by atoms with van der Waals surface area (Å²) in [7, 11) is -4.55. The molecule has 0 heterocycles. The van der Waals surface area contributed by atoms with Crippen molar-refractivity contribution in [2.45, 2.75) is 90.9 Å². The molecule has 0 saturated carbocycles. The summed E-state index contributed by atoms with van der Waals surface area (Å²) in [5, 5.41) is 0. The average Bonchev–Trinajstić information content (AvgIpc) is 2.42. The van der Waals surface area contributed by atoms with Crippen LogP contribution >= 0.6 is 0 Å². The Hall–Kier alpha value is 1.51. The summed E-state index contributed by atoms with van der Waals surface area (Å²) in [5.41, 5.74) is 0. The summed E-state index contributed by atoms with van der Waals surface area (Å²) >= 11 is 0. The molecule has 1 unspecified atom stereocenters. The molecule has 0 aromatic rings. The van der Waals surface area contributed by atoms with Crippen molar-refractivity contribution in [3.8, 4) is 0 Å². The molecule has 0 bridgehead atoms. The molecule has 0 aliphatic heterocycles. The molecule has 0 rings (SSSR count). The Labute approximate surface area is 180 Å². The van der Waals surface area contributed by atoms with Gasteiger partial charge in [0.05, 0.1) is 6.61 Å². The molecule has 0 fully saturated rings. The number of hydrogen-bond donors (Lipinski definition) is 0. The van der Waals surface area contributed by atoms with Gasteiger partial charge in [-0.15, -0.1) is 0 Å². The molecule has 22 heavy (non-hydrogen) atoms. The molecule has 1 atom stereocenters. The van der Waals surface area contributed by atoms with Gasteiger partial charge in [0.2, 0.25) is 10.4 Å². The van der Waals surface area contributed by atoms with Crippen molar-refractivity contribution in [2.75, 3.05) is 6.61 Å². The van der Waals surface area contributed by atoms with Gasteiger partial charge in [0, 0.05) is 0 Å². The second-order valence-electron chi connectivity index (χ2n) is 5.96. The third kappa shape index (κ3) is 19.6. The molecule has 0 N–H and O–H groups in total. The zero-order valence-electron chi connectivity index (χ0n) is 14.8. The molecule has 6 heteroatoms. The zero-order chi connectivity index (χ0) is 16.0. The van der Waals surface area contributed by atoms with E-state index in [0.717, 1.165) is 25.7 Å². The van der Waals surface area contributed by atoms with Gasteiger partial charge in [-0.2, -0.15) is 0 Å². The molecule has 0 aliphatic rings. The Bertz CT molecular complexity index is 320. The molecule has 0 radical (unpaired) electrons. The van der Waals surface area contributed by atoms with E-state index < -0.39 is 10.4 Å². The summed E-state index contributed by atoms with van der Waals surface area (Å²) in [6.07, 6.45) is 14.0. The topological polar surface area (TPSA) is 66.4 Å². The third-order valence-electron chi connectivity index (χ3n) is 3.88. The molecule has 0 aliphatic carbocycles. The first-order chi connectivity index (χ1) is 9.99. The summed E-state index contributed by atoms with van der Waals surface area (Å²) < 4.78 is 36.2. The van der Waals surface area contributed by atoms with E-state index in [9.17, 15) is 13.0 Å². The van der Waals surface area contributed by atoms with Crippen molar-refractivity contribution in [1.29, 1.82) is 0 Å². The summed E-state index contributed by atoms with van der Waals surface area (Å²) in [6.45, 7) is 4.43. The van der Waals surface area contributed by atoms with Crippen molar-refractivity contribution < 1.29 is 68.5 Å². The average molecular weight is 361 g/mol. The van der Waals surface area contributed by atoms with Crippen LogP contribution in [-0.4, -0.2) is 19.6 Å². The van der Waals surface area contributed by atoms with Gasteiger partial charge < -0.3 is 4.55 Å². The van der Waals surface area contributed by atoms with Crippen molar-refractivity contribution in [2.24, 2.45) is 5.92 Å². The van der Waals surface area contributed by atoms with Crippen molar-refractivity contribution >= 4 is 10.4 Å². The van der Waals surface area contributed by atoms with Crippen LogP contribution in [0.1, 0.15) is 90.9 Å². The van der Waals surface area contributed by atoms with E-state index >= 15 is 0 Å². The molecule has 0 saturated heterocycles. The third-order valence-corrected chi connectivity index (χ3v) is 4.30. The Kier molecular flexibility index (Phi) is 20.3. The molecule has 0 spiro atoms. The van der Waals surface area contributed by atoms with Gasteiger partial charge in [0.1, 0.15) is 0 Å². The van der Waals surface area contributed by atoms with Crippen molar-refractivity contribution in [3.63, 3.8) is 0 Å². The quantitative estimate of drug-likeness (QED) is 0.193. The molecule has 128 valence electrons. The van der Waals surface area contributed by atoms with E-state index in [1.165, 1.54) is 51.4 Å². The Morgan fingerprint density at radius 1 is 0.818 bits per heavy atom. The summed E-state index contributed by atoms with van der Waals surface area (Å²) in [4.78, 5) is 0. The fourth-order valence-electron chi connectivity index (χ4n) is 2.56. The molecular weight excluding hydrogens is 327 g/mol. The van der Waals surface area contributed by atoms with Gasteiger partial charge >= 0.3 is 51.4 Å². The summed E-state index contributed by atoms with van der Waals surface area (Å²) in [6, 6.07) is 0. The second kappa shape index (κ2) is 17.3. The van der Waals surface area contributed by atoms with E-state index in [2.05, 4.69) is 18.0 Å². The Morgan fingerprint density at radius 2 is 1.23 bits per heavy atom. The van der Waals surface area contributed by atoms with Gasteiger partial charge in [-0.05, 0) is 18.8 Å². The minimum Gasteiger partial charge on any atom is -0.726 e. The van der Waals surface area contributed by atoms with Gasteiger partial charge in [0.15, 0.2) is 0 Å². The van der Waals surface area contributed by atoms with E-state index in [1.54, 1.807) is 0 Å². The van der Waals surface area contributed by atoms with Crippen LogP contribution in [0, 0.1) is 5.92 Å². The standard InChI is InChI=1S/C16H34O4S.K/c1-3-5-7-9-10-12-14-16(13-11-8-6-4-2)15-20-21(17,18)19;/h16H,3-15H2,1-2H3,(H,17,18,19);/q;+1/p-1. The predicted octanol–water partition coefficient (Wildman–Crippen LogP) is 1.80. The van der Waals surface area contributed by atoms with Gasteiger partial charge in [-0.1, -0.05) is 78.1 Å². The van der Waals surface area contributed by atoms with Crippen LogP contribution < -0.4 is 51.4 Å². The van der Waals surface area contributed by atoms with Crippen LogP contribution in [-0.2, 0) is 14.6 Å². The first-order valence-corrected chi connectivity index (χ1v) is 9.93. The van der Waals surface area contributed by atoms with Gasteiger partial charge in [-0.25, -0.2) is 8.42 Å². The van der Waals surface area contributed by atoms with Crippen LogP contribution in [0.4, 0.5) is 0 Å². The smallest absolute Gasteiger partial charge is 0.726 e. The molecule has 0 aromatic heterocycles. The maximum absolute atomic E-state index is 10.6. The number of rotatable bonds is 15. The van der Waals surface area contributed by atoms with Crippen LogP contribution in [0.3, 0.4) is 0 Å². The molecule has 0 amide bonds. The maximum Gasteiger partial charge on any atom is 1.00 e. The van der Waals surface area contributed by atoms with Gasteiger partial charge in [0.25, 0.3) is 0 Å². The Morgan fingerprint density at radius 3 is 1.68 bits per heavy atom. The van der Waals surface area contributed by atoms with E-state index in [0.29, 0.717) is 0 Å². The first-order valence-electron chi connectivity index (χ1n) is 8.59. The maximum atomic E-state index is 10.6. The fourth-order valence-corrected chi connectivity index (χ4v) is 2.92.